The summed E-state index contributed by atoms with van der Waals surface area (Å²) in [7, 11) is 0. The lowest BCUT2D eigenvalue weighted by atomic mass is 9.95. The Morgan fingerprint density at radius 1 is 0.462 bits per heavy atom. The highest BCUT2D eigenvalue weighted by Crippen LogP contribution is 2.18. The van der Waals surface area contributed by atoms with Crippen LogP contribution < -0.4 is 0 Å². The monoisotopic (exact) mass is 372 g/mol. The van der Waals surface area contributed by atoms with Crippen molar-refractivity contribution >= 4 is 0 Å². The minimum Gasteiger partial charge on any atom is -0.396 e. The first-order valence-corrected chi connectivity index (χ1v) is 11.9. The molecule has 2 unspecified atom stereocenters. The molecule has 0 amide bonds. The quantitative estimate of drug-likeness (QED) is 0.244. The Morgan fingerprint density at radius 3 is 1.27 bits per heavy atom. The van der Waals surface area contributed by atoms with Gasteiger partial charge in [0.15, 0.2) is 0 Å². The van der Waals surface area contributed by atoms with Gasteiger partial charge in [-0.05, 0) is 31.1 Å². The molecule has 0 bridgehead atoms. The van der Waals surface area contributed by atoms with Crippen LogP contribution in [0.2, 0.25) is 0 Å². The van der Waals surface area contributed by atoms with Crippen LogP contribution in [0.5, 0.6) is 0 Å². The zero-order valence-corrected chi connectivity index (χ0v) is 18.8. The van der Waals surface area contributed by atoms with Gasteiger partial charge in [-0.1, -0.05) is 111 Å². The van der Waals surface area contributed by atoms with Crippen molar-refractivity contribution in [3.63, 3.8) is 0 Å². The second-order valence-corrected chi connectivity index (χ2v) is 8.05. The van der Waals surface area contributed by atoms with Gasteiger partial charge in [0, 0.05) is 13.2 Å². The van der Waals surface area contributed by atoms with E-state index in [4.69, 9.17) is 5.11 Å². The standard InChI is InChI=1S/C16H34O.C8H18O/c1-3-5-7-9-10-12-14-16(15-17)13-11-8-6-4-2;1-3-5-6-8(4-2)7-9/h16-17H,3-15H2,1-2H3;8-9H,3-7H2,1-2H3. The molecule has 2 N–H and O–H groups in total. The van der Waals surface area contributed by atoms with Crippen LogP contribution in [0, 0.1) is 11.8 Å². The Labute approximate surface area is 166 Å². The number of hydrogen-bond acceptors (Lipinski definition) is 2. The molecule has 0 spiro atoms. The van der Waals surface area contributed by atoms with Crippen LogP contribution in [0.15, 0.2) is 0 Å². The van der Waals surface area contributed by atoms with Crippen molar-refractivity contribution in [2.24, 2.45) is 11.8 Å². The van der Waals surface area contributed by atoms with E-state index in [9.17, 15) is 5.11 Å². The molecule has 2 atom stereocenters. The van der Waals surface area contributed by atoms with Crippen molar-refractivity contribution in [2.45, 2.75) is 130 Å². The molecule has 0 radical (unpaired) electrons. The second kappa shape index (κ2) is 24.9. The smallest absolute Gasteiger partial charge is 0.0459 e. The van der Waals surface area contributed by atoms with E-state index in [1.807, 2.05) is 0 Å². The molecular formula is C24H52O2. The van der Waals surface area contributed by atoms with E-state index in [1.165, 1.54) is 96.3 Å². The molecule has 0 aliphatic rings. The number of unbranched alkanes of at least 4 members (excludes halogenated alkanes) is 9. The number of aliphatic hydroxyl groups is 2. The molecule has 0 aromatic heterocycles. The number of rotatable bonds is 18. The SMILES string of the molecule is CCCCC(CC)CO.CCCCCCCCC(CO)CCCCCC. The molecular weight excluding hydrogens is 320 g/mol. The van der Waals surface area contributed by atoms with Crippen molar-refractivity contribution in [3.05, 3.63) is 0 Å². The first kappa shape index (κ1) is 28.1. The molecule has 0 aromatic rings. The molecule has 0 aromatic carbocycles. The summed E-state index contributed by atoms with van der Waals surface area (Å²) in [4.78, 5) is 0. The van der Waals surface area contributed by atoms with E-state index >= 15 is 0 Å². The molecule has 0 saturated carbocycles. The molecule has 2 nitrogen and oxygen atoms in total. The molecule has 0 aliphatic heterocycles. The van der Waals surface area contributed by atoms with Crippen molar-refractivity contribution in [1.82, 2.24) is 0 Å². The van der Waals surface area contributed by atoms with Crippen LogP contribution in [-0.4, -0.2) is 23.4 Å². The van der Waals surface area contributed by atoms with Crippen LogP contribution in [0.3, 0.4) is 0 Å². The van der Waals surface area contributed by atoms with Gasteiger partial charge in [-0.25, -0.2) is 0 Å². The average molecular weight is 373 g/mol. The fourth-order valence-corrected chi connectivity index (χ4v) is 3.32. The fourth-order valence-electron chi connectivity index (χ4n) is 3.32. The maximum Gasteiger partial charge on any atom is 0.0459 e. The summed E-state index contributed by atoms with van der Waals surface area (Å²) >= 11 is 0. The number of hydrogen-bond donors (Lipinski definition) is 2. The third-order valence-corrected chi connectivity index (χ3v) is 5.49. The van der Waals surface area contributed by atoms with Gasteiger partial charge in [0.1, 0.15) is 0 Å². The van der Waals surface area contributed by atoms with Gasteiger partial charge >= 0.3 is 0 Å². The zero-order valence-electron chi connectivity index (χ0n) is 18.8. The summed E-state index contributed by atoms with van der Waals surface area (Å²) in [5.74, 6) is 1.14. The first-order valence-electron chi connectivity index (χ1n) is 11.9. The average Bonchev–Trinajstić information content (AvgIpc) is 2.67. The first-order chi connectivity index (χ1) is 12.7. The van der Waals surface area contributed by atoms with Gasteiger partial charge in [-0.15, -0.1) is 0 Å². The fraction of sp³-hybridized carbons (Fsp3) is 1.00. The Kier molecular flexibility index (Phi) is 27.0. The van der Waals surface area contributed by atoms with Crippen LogP contribution in [0.1, 0.15) is 130 Å². The minimum atomic E-state index is 0.372. The van der Waals surface area contributed by atoms with E-state index < -0.39 is 0 Å². The summed E-state index contributed by atoms with van der Waals surface area (Å²) in [6, 6.07) is 0. The highest BCUT2D eigenvalue weighted by Gasteiger charge is 2.06. The predicted octanol–water partition coefficient (Wildman–Crippen LogP) is 7.51. The highest BCUT2D eigenvalue weighted by molar-refractivity contribution is 4.59. The lowest BCUT2D eigenvalue weighted by Crippen LogP contribution is -2.06. The summed E-state index contributed by atoms with van der Waals surface area (Å²) in [5.41, 5.74) is 0. The Bertz CT molecular complexity index is 226. The van der Waals surface area contributed by atoms with Gasteiger partial charge < -0.3 is 10.2 Å². The lowest BCUT2D eigenvalue weighted by Gasteiger charge is -2.13. The molecule has 0 fully saturated rings. The summed E-state index contributed by atoms with van der Waals surface area (Å²) < 4.78 is 0. The Balaban J connectivity index is 0. The van der Waals surface area contributed by atoms with Crippen molar-refractivity contribution in [3.8, 4) is 0 Å². The van der Waals surface area contributed by atoms with Crippen LogP contribution in [0.4, 0.5) is 0 Å². The normalized spacial score (nSPS) is 13.2. The third kappa shape index (κ3) is 22.0. The van der Waals surface area contributed by atoms with Gasteiger partial charge in [-0.2, -0.15) is 0 Å². The van der Waals surface area contributed by atoms with E-state index in [2.05, 4.69) is 27.7 Å². The molecule has 2 heteroatoms. The van der Waals surface area contributed by atoms with Crippen LogP contribution in [-0.2, 0) is 0 Å². The molecule has 0 aliphatic carbocycles. The summed E-state index contributed by atoms with van der Waals surface area (Å²) in [6.45, 7) is 9.61. The molecule has 0 saturated heterocycles. The lowest BCUT2D eigenvalue weighted by molar-refractivity contribution is 0.204. The Morgan fingerprint density at radius 2 is 0.846 bits per heavy atom. The van der Waals surface area contributed by atoms with Gasteiger partial charge in [0.2, 0.25) is 0 Å². The molecule has 0 rings (SSSR count). The Hall–Kier alpha value is -0.0800. The summed E-state index contributed by atoms with van der Waals surface area (Å²) in [6.07, 6.45) is 20.8. The third-order valence-electron chi connectivity index (χ3n) is 5.49. The van der Waals surface area contributed by atoms with E-state index in [0.717, 1.165) is 6.42 Å². The van der Waals surface area contributed by atoms with Crippen molar-refractivity contribution in [2.75, 3.05) is 13.2 Å². The van der Waals surface area contributed by atoms with E-state index in [1.54, 1.807) is 0 Å². The summed E-state index contributed by atoms with van der Waals surface area (Å²) in [5, 5.41) is 18.1. The van der Waals surface area contributed by atoms with Crippen molar-refractivity contribution in [1.29, 1.82) is 0 Å². The van der Waals surface area contributed by atoms with Crippen molar-refractivity contribution < 1.29 is 10.2 Å². The minimum absolute atomic E-state index is 0.372. The molecule has 160 valence electrons. The topological polar surface area (TPSA) is 40.5 Å². The highest BCUT2D eigenvalue weighted by atomic mass is 16.3. The number of aliphatic hydroxyl groups excluding tert-OH is 2. The second-order valence-electron chi connectivity index (χ2n) is 8.05. The van der Waals surface area contributed by atoms with Crippen LogP contribution in [0.25, 0.3) is 0 Å². The molecule has 0 heterocycles. The molecule has 26 heavy (non-hydrogen) atoms. The largest absolute Gasteiger partial charge is 0.396 e. The maximum absolute atomic E-state index is 9.32. The van der Waals surface area contributed by atoms with Gasteiger partial charge in [0.25, 0.3) is 0 Å². The van der Waals surface area contributed by atoms with E-state index in [0.29, 0.717) is 25.0 Å². The van der Waals surface area contributed by atoms with Gasteiger partial charge in [-0.3, -0.25) is 0 Å². The van der Waals surface area contributed by atoms with Crippen LogP contribution >= 0.6 is 0 Å². The zero-order chi connectivity index (χ0) is 19.9. The maximum atomic E-state index is 9.32. The van der Waals surface area contributed by atoms with Gasteiger partial charge in [0.05, 0.1) is 0 Å². The van der Waals surface area contributed by atoms with E-state index in [-0.39, 0.29) is 0 Å². The predicted molar refractivity (Wildman–Crippen MR) is 118 cm³/mol.